The molecule has 0 unspecified atom stereocenters. The molecule has 3 aromatic rings. The molecule has 0 bridgehead atoms. The summed E-state index contributed by atoms with van der Waals surface area (Å²) in [6.07, 6.45) is 0. The quantitative estimate of drug-likeness (QED) is 0.549. The van der Waals surface area contributed by atoms with Crippen molar-refractivity contribution < 1.29 is 14.3 Å². The molecule has 1 heterocycles. The molecule has 3 aromatic carbocycles. The Hall–Kier alpha value is -3.77. The number of carbonyl (C=O) groups is 2. The van der Waals surface area contributed by atoms with E-state index in [-0.39, 0.29) is 11.3 Å². The van der Waals surface area contributed by atoms with Crippen LogP contribution in [-0.2, 0) is 9.59 Å². The van der Waals surface area contributed by atoms with Gasteiger partial charge in [-0.05, 0) is 60.2 Å². The minimum Gasteiger partial charge on any atom is -0.497 e. The Labute approximate surface area is 191 Å². The SMILES string of the molecule is COc1ccc(NC2=C(c3ccc(Cl)cc3)C(=O)N(c3cccc(N(C)C)c3)C2=O)cc1. The summed E-state index contributed by atoms with van der Waals surface area (Å²) in [7, 11) is 5.39. The highest BCUT2D eigenvalue weighted by atomic mass is 35.5. The van der Waals surface area contributed by atoms with E-state index in [0.717, 1.165) is 5.69 Å². The van der Waals surface area contributed by atoms with Gasteiger partial charge in [0.15, 0.2) is 0 Å². The van der Waals surface area contributed by atoms with Crippen LogP contribution in [0.2, 0.25) is 5.02 Å². The van der Waals surface area contributed by atoms with E-state index in [1.165, 1.54) is 4.90 Å². The van der Waals surface area contributed by atoms with Crippen LogP contribution >= 0.6 is 11.6 Å². The van der Waals surface area contributed by atoms with Crippen LogP contribution in [0.15, 0.2) is 78.5 Å². The minimum atomic E-state index is -0.424. The zero-order valence-corrected chi connectivity index (χ0v) is 18.7. The summed E-state index contributed by atoms with van der Waals surface area (Å²) in [5, 5.41) is 3.69. The van der Waals surface area contributed by atoms with E-state index in [1.807, 2.05) is 37.2 Å². The van der Waals surface area contributed by atoms with Crippen molar-refractivity contribution in [2.75, 3.05) is 36.3 Å². The lowest BCUT2D eigenvalue weighted by molar-refractivity contribution is -0.120. The molecule has 32 heavy (non-hydrogen) atoms. The number of nitrogens with one attached hydrogen (secondary N) is 1. The van der Waals surface area contributed by atoms with Gasteiger partial charge in [-0.2, -0.15) is 0 Å². The van der Waals surface area contributed by atoms with Gasteiger partial charge in [-0.3, -0.25) is 9.59 Å². The third kappa shape index (κ3) is 4.05. The number of rotatable bonds is 6. The molecule has 0 fully saturated rings. The predicted octanol–water partition coefficient (Wildman–Crippen LogP) is 4.81. The third-order valence-corrected chi connectivity index (χ3v) is 5.43. The molecule has 0 aromatic heterocycles. The first-order valence-corrected chi connectivity index (χ1v) is 10.3. The van der Waals surface area contributed by atoms with Crippen LogP contribution in [0.5, 0.6) is 5.75 Å². The first kappa shape index (κ1) is 21.5. The summed E-state index contributed by atoms with van der Waals surface area (Å²) >= 11 is 6.04. The normalized spacial score (nSPS) is 13.6. The molecule has 1 aliphatic rings. The van der Waals surface area contributed by atoms with Gasteiger partial charge < -0.3 is 15.0 Å². The molecule has 0 radical (unpaired) electrons. The summed E-state index contributed by atoms with van der Waals surface area (Å²) in [4.78, 5) is 30.1. The van der Waals surface area contributed by atoms with E-state index in [2.05, 4.69) is 5.32 Å². The van der Waals surface area contributed by atoms with Gasteiger partial charge in [0.1, 0.15) is 11.4 Å². The standard InChI is InChI=1S/C25H22ClN3O3/c1-28(2)19-5-4-6-20(15-19)29-24(30)22(16-7-9-17(26)10-8-16)23(25(29)31)27-18-11-13-21(32-3)14-12-18/h4-15,27H,1-3H3. The topological polar surface area (TPSA) is 61.9 Å². The minimum absolute atomic E-state index is 0.206. The lowest BCUT2D eigenvalue weighted by Gasteiger charge is -2.19. The van der Waals surface area contributed by atoms with E-state index in [0.29, 0.717) is 27.7 Å². The number of carbonyl (C=O) groups excluding carboxylic acids is 2. The molecule has 6 nitrogen and oxygen atoms in total. The number of methoxy groups -OCH3 is 1. The Morgan fingerprint density at radius 3 is 2.22 bits per heavy atom. The number of benzene rings is 3. The van der Waals surface area contributed by atoms with Gasteiger partial charge in [0.2, 0.25) is 0 Å². The average molecular weight is 448 g/mol. The van der Waals surface area contributed by atoms with Crippen LogP contribution < -0.4 is 19.9 Å². The lowest BCUT2D eigenvalue weighted by Crippen LogP contribution is -2.32. The Kier molecular flexibility index (Phi) is 5.88. The lowest BCUT2D eigenvalue weighted by atomic mass is 10.0. The summed E-state index contributed by atoms with van der Waals surface area (Å²) < 4.78 is 5.20. The highest BCUT2D eigenvalue weighted by Crippen LogP contribution is 2.35. The second-order valence-electron chi connectivity index (χ2n) is 7.47. The van der Waals surface area contributed by atoms with Crippen LogP contribution in [0.25, 0.3) is 5.57 Å². The van der Waals surface area contributed by atoms with Crippen molar-refractivity contribution in [3.63, 3.8) is 0 Å². The van der Waals surface area contributed by atoms with Crippen molar-refractivity contribution in [2.24, 2.45) is 0 Å². The van der Waals surface area contributed by atoms with Gasteiger partial charge >= 0.3 is 0 Å². The van der Waals surface area contributed by atoms with Gasteiger partial charge in [-0.25, -0.2) is 4.90 Å². The van der Waals surface area contributed by atoms with Crippen molar-refractivity contribution in [2.45, 2.75) is 0 Å². The number of hydrogen-bond donors (Lipinski definition) is 1. The molecule has 162 valence electrons. The van der Waals surface area contributed by atoms with Crippen LogP contribution in [0.4, 0.5) is 17.1 Å². The Balaban J connectivity index is 1.79. The maximum atomic E-state index is 13.5. The summed E-state index contributed by atoms with van der Waals surface area (Å²) in [5.41, 5.74) is 3.15. The summed E-state index contributed by atoms with van der Waals surface area (Å²) in [6.45, 7) is 0. The van der Waals surface area contributed by atoms with Crippen molar-refractivity contribution in [1.82, 2.24) is 0 Å². The number of amides is 2. The average Bonchev–Trinajstić information content (AvgIpc) is 3.04. The number of ether oxygens (including phenoxy) is 1. The largest absolute Gasteiger partial charge is 0.497 e. The van der Waals surface area contributed by atoms with Gasteiger partial charge in [0.05, 0.1) is 18.4 Å². The molecular formula is C25H22ClN3O3. The molecule has 2 amide bonds. The second-order valence-corrected chi connectivity index (χ2v) is 7.91. The van der Waals surface area contributed by atoms with Crippen LogP contribution in [0, 0.1) is 0 Å². The Morgan fingerprint density at radius 2 is 1.59 bits per heavy atom. The smallest absolute Gasteiger partial charge is 0.282 e. The molecule has 0 atom stereocenters. The van der Waals surface area contributed by atoms with E-state index in [9.17, 15) is 9.59 Å². The maximum Gasteiger partial charge on any atom is 0.282 e. The zero-order valence-electron chi connectivity index (χ0n) is 17.9. The van der Waals surface area contributed by atoms with E-state index >= 15 is 0 Å². The van der Waals surface area contributed by atoms with Gasteiger partial charge in [-0.1, -0.05) is 29.8 Å². The zero-order chi connectivity index (χ0) is 22.8. The molecule has 0 spiro atoms. The molecule has 4 rings (SSSR count). The highest BCUT2D eigenvalue weighted by molar-refractivity contribution is 6.46. The fraction of sp³-hybridized carbons (Fsp3) is 0.120. The number of imide groups is 1. The fourth-order valence-corrected chi connectivity index (χ4v) is 3.62. The maximum absolute atomic E-state index is 13.5. The molecular weight excluding hydrogens is 426 g/mol. The van der Waals surface area contributed by atoms with Crippen molar-refractivity contribution in [1.29, 1.82) is 0 Å². The van der Waals surface area contributed by atoms with E-state index < -0.39 is 11.8 Å². The second kappa shape index (κ2) is 8.77. The Bertz CT molecular complexity index is 1200. The van der Waals surface area contributed by atoms with Gasteiger partial charge in [-0.15, -0.1) is 0 Å². The van der Waals surface area contributed by atoms with Crippen molar-refractivity contribution in [3.8, 4) is 5.75 Å². The predicted molar refractivity (Wildman–Crippen MR) is 128 cm³/mol. The molecule has 1 N–H and O–H groups in total. The van der Waals surface area contributed by atoms with Crippen LogP contribution in [0.1, 0.15) is 5.56 Å². The van der Waals surface area contributed by atoms with E-state index in [1.54, 1.807) is 61.7 Å². The summed E-state index contributed by atoms with van der Waals surface area (Å²) in [6, 6.07) is 21.3. The van der Waals surface area contributed by atoms with Crippen molar-refractivity contribution in [3.05, 3.63) is 89.1 Å². The van der Waals surface area contributed by atoms with Crippen molar-refractivity contribution >= 4 is 46.1 Å². The monoisotopic (exact) mass is 447 g/mol. The first-order chi connectivity index (χ1) is 15.4. The van der Waals surface area contributed by atoms with Gasteiger partial charge in [0.25, 0.3) is 11.8 Å². The number of nitrogens with zero attached hydrogens (tertiary/aromatic N) is 2. The number of halogens is 1. The van der Waals surface area contributed by atoms with Gasteiger partial charge in [0, 0.05) is 30.5 Å². The first-order valence-electron chi connectivity index (χ1n) is 9.96. The van der Waals surface area contributed by atoms with Crippen LogP contribution in [0.3, 0.4) is 0 Å². The molecule has 1 aliphatic heterocycles. The molecule has 0 saturated heterocycles. The molecule has 0 aliphatic carbocycles. The Morgan fingerprint density at radius 1 is 0.906 bits per heavy atom. The number of hydrogen-bond acceptors (Lipinski definition) is 5. The van der Waals surface area contributed by atoms with E-state index in [4.69, 9.17) is 16.3 Å². The number of anilines is 3. The fourth-order valence-electron chi connectivity index (χ4n) is 3.49. The summed E-state index contributed by atoms with van der Waals surface area (Å²) in [5.74, 6) is -0.130. The molecule has 0 saturated carbocycles. The third-order valence-electron chi connectivity index (χ3n) is 5.18. The highest BCUT2D eigenvalue weighted by Gasteiger charge is 2.40. The molecule has 7 heteroatoms. The van der Waals surface area contributed by atoms with Crippen LogP contribution in [-0.4, -0.2) is 33.0 Å².